The molecule has 0 aliphatic heterocycles. The number of nitrogens with zero attached hydrogens (tertiary/aromatic N) is 2. The quantitative estimate of drug-likeness (QED) is 0.567. The lowest BCUT2D eigenvalue weighted by molar-refractivity contribution is -0.116. The Hall–Kier alpha value is -3.46. The molecule has 0 aliphatic rings. The molecular weight excluding hydrogens is 380 g/mol. The molecule has 2 aromatic heterocycles. The van der Waals surface area contributed by atoms with E-state index in [1.807, 2.05) is 0 Å². The highest BCUT2D eigenvalue weighted by Crippen LogP contribution is 2.17. The van der Waals surface area contributed by atoms with Gasteiger partial charge in [0.05, 0.1) is 10.6 Å². The number of carbonyl (C=O) groups is 2. The largest absolute Gasteiger partial charge is 0.345 e. The Morgan fingerprint density at radius 1 is 1.07 bits per heavy atom. The van der Waals surface area contributed by atoms with E-state index in [0.29, 0.717) is 17.9 Å². The van der Waals surface area contributed by atoms with Crippen molar-refractivity contribution < 1.29 is 18.0 Å². The first-order valence-electron chi connectivity index (χ1n) is 8.42. The van der Waals surface area contributed by atoms with Gasteiger partial charge in [-0.3, -0.25) is 14.3 Å². The van der Waals surface area contributed by atoms with E-state index in [1.165, 1.54) is 30.5 Å². The number of amides is 1. The highest BCUT2D eigenvalue weighted by atomic mass is 32.2. The molecular formula is C19H18N4O4S. The van der Waals surface area contributed by atoms with E-state index in [2.05, 4.69) is 15.0 Å². The van der Waals surface area contributed by atoms with Crippen LogP contribution < -0.4 is 10.0 Å². The molecule has 28 heavy (non-hydrogen) atoms. The van der Waals surface area contributed by atoms with E-state index in [-0.39, 0.29) is 23.0 Å². The Kier molecular flexibility index (Phi) is 5.85. The van der Waals surface area contributed by atoms with Crippen molar-refractivity contribution in [2.24, 2.45) is 0 Å². The van der Waals surface area contributed by atoms with Crippen molar-refractivity contribution in [1.82, 2.24) is 9.55 Å². The number of carbonyl (C=O) groups excluding carboxylic acids is 2. The van der Waals surface area contributed by atoms with E-state index in [4.69, 9.17) is 0 Å². The number of anilines is 2. The number of sulfonamides is 1. The van der Waals surface area contributed by atoms with E-state index >= 15 is 0 Å². The van der Waals surface area contributed by atoms with Gasteiger partial charge in [0.2, 0.25) is 5.91 Å². The summed E-state index contributed by atoms with van der Waals surface area (Å²) in [5, 5.41) is 2.70. The number of aldehydes is 1. The Labute approximate surface area is 162 Å². The van der Waals surface area contributed by atoms with Gasteiger partial charge in [0.1, 0.15) is 5.82 Å². The molecule has 0 aliphatic carbocycles. The molecule has 2 heterocycles. The zero-order chi connectivity index (χ0) is 20.0. The van der Waals surface area contributed by atoms with Crippen LogP contribution >= 0.6 is 0 Å². The summed E-state index contributed by atoms with van der Waals surface area (Å²) in [5.74, 6) is -0.0210. The number of benzene rings is 1. The lowest BCUT2D eigenvalue weighted by Gasteiger charge is -2.09. The lowest BCUT2D eigenvalue weighted by atomic mass is 10.3. The summed E-state index contributed by atoms with van der Waals surface area (Å²) in [6.45, 7) is 0.368. The third-order valence-corrected chi connectivity index (χ3v) is 5.29. The molecule has 0 fully saturated rings. The number of nitrogens with one attached hydrogen (secondary N) is 2. The monoisotopic (exact) mass is 398 g/mol. The SMILES string of the molecule is O=Cc1cccn1CCC(=O)Nc1ccc(S(=O)(=O)Nc2ccccn2)cc1. The summed E-state index contributed by atoms with van der Waals surface area (Å²) in [6.07, 6.45) is 4.13. The summed E-state index contributed by atoms with van der Waals surface area (Å²) in [5.41, 5.74) is 0.979. The van der Waals surface area contributed by atoms with Gasteiger partial charge in [0.25, 0.3) is 10.0 Å². The van der Waals surface area contributed by atoms with E-state index in [1.54, 1.807) is 41.1 Å². The molecule has 3 rings (SSSR count). The van der Waals surface area contributed by atoms with Gasteiger partial charge in [-0.1, -0.05) is 6.07 Å². The second-order valence-corrected chi connectivity index (χ2v) is 7.57. The van der Waals surface area contributed by atoms with Crippen LogP contribution in [0.25, 0.3) is 0 Å². The maximum absolute atomic E-state index is 12.4. The van der Waals surface area contributed by atoms with Crippen LogP contribution in [0.15, 0.2) is 71.9 Å². The van der Waals surface area contributed by atoms with Crippen LogP contribution in [-0.2, 0) is 21.4 Å². The molecule has 0 radical (unpaired) electrons. The van der Waals surface area contributed by atoms with Crippen LogP contribution in [0.2, 0.25) is 0 Å². The standard InChI is InChI=1S/C19H18N4O4S/c24-14-16-4-3-12-23(16)13-10-19(25)21-15-6-8-17(9-7-15)28(26,27)22-18-5-1-2-11-20-18/h1-9,11-12,14H,10,13H2,(H,20,22)(H,21,25). The Bertz CT molecular complexity index is 1060. The highest BCUT2D eigenvalue weighted by molar-refractivity contribution is 7.92. The number of hydrogen-bond acceptors (Lipinski definition) is 5. The fraction of sp³-hybridized carbons (Fsp3) is 0.105. The predicted molar refractivity (Wildman–Crippen MR) is 105 cm³/mol. The molecule has 0 saturated carbocycles. The third-order valence-electron chi connectivity index (χ3n) is 3.92. The number of rotatable bonds is 8. The van der Waals surface area contributed by atoms with Gasteiger partial charge < -0.3 is 9.88 Å². The van der Waals surface area contributed by atoms with Crippen LogP contribution in [0, 0.1) is 0 Å². The van der Waals surface area contributed by atoms with E-state index in [9.17, 15) is 18.0 Å². The second-order valence-electron chi connectivity index (χ2n) is 5.89. The van der Waals surface area contributed by atoms with Gasteiger partial charge >= 0.3 is 0 Å². The van der Waals surface area contributed by atoms with Crippen molar-refractivity contribution in [3.05, 3.63) is 72.7 Å². The Morgan fingerprint density at radius 2 is 1.86 bits per heavy atom. The average molecular weight is 398 g/mol. The zero-order valence-electron chi connectivity index (χ0n) is 14.8. The first kappa shape index (κ1) is 19.3. The molecule has 9 heteroatoms. The van der Waals surface area contributed by atoms with Gasteiger partial charge in [-0.15, -0.1) is 0 Å². The van der Waals surface area contributed by atoms with Crippen molar-refractivity contribution in [1.29, 1.82) is 0 Å². The smallest absolute Gasteiger partial charge is 0.263 e. The minimum atomic E-state index is -3.77. The van der Waals surface area contributed by atoms with Crippen molar-refractivity contribution in [3.63, 3.8) is 0 Å². The number of aromatic nitrogens is 2. The summed E-state index contributed by atoms with van der Waals surface area (Å²) >= 11 is 0. The molecule has 0 unspecified atom stereocenters. The fourth-order valence-electron chi connectivity index (χ4n) is 2.52. The van der Waals surface area contributed by atoms with Crippen molar-refractivity contribution in [2.75, 3.05) is 10.0 Å². The third kappa shape index (κ3) is 4.83. The summed E-state index contributed by atoms with van der Waals surface area (Å²) in [7, 11) is -3.77. The van der Waals surface area contributed by atoms with Crippen LogP contribution in [0.5, 0.6) is 0 Å². The van der Waals surface area contributed by atoms with Gasteiger partial charge in [-0.2, -0.15) is 0 Å². The number of aryl methyl sites for hydroxylation is 1. The normalized spacial score (nSPS) is 11.0. The fourth-order valence-corrected chi connectivity index (χ4v) is 3.53. The molecule has 3 aromatic rings. The van der Waals surface area contributed by atoms with Gasteiger partial charge in [0.15, 0.2) is 6.29 Å². The molecule has 0 bridgehead atoms. The van der Waals surface area contributed by atoms with E-state index < -0.39 is 10.0 Å². The summed E-state index contributed by atoms with van der Waals surface area (Å²) in [4.78, 5) is 26.9. The van der Waals surface area contributed by atoms with Crippen LogP contribution in [0.1, 0.15) is 16.9 Å². The topological polar surface area (TPSA) is 110 Å². The average Bonchev–Trinajstić information content (AvgIpc) is 3.15. The van der Waals surface area contributed by atoms with Crippen molar-refractivity contribution in [2.45, 2.75) is 17.9 Å². The molecule has 8 nitrogen and oxygen atoms in total. The number of pyridine rings is 1. The van der Waals surface area contributed by atoms with Crippen LogP contribution in [0.4, 0.5) is 11.5 Å². The highest BCUT2D eigenvalue weighted by Gasteiger charge is 2.15. The second kappa shape index (κ2) is 8.49. The summed E-state index contributed by atoms with van der Waals surface area (Å²) in [6, 6.07) is 14.1. The molecule has 0 spiro atoms. The lowest BCUT2D eigenvalue weighted by Crippen LogP contribution is -2.16. The minimum Gasteiger partial charge on any atom is -0.345 e. The summed E-state index contributed by atoms with van der Waals surface area (Å²) < 4.78 is 28.8. The Balaban J connectivity index is 1.59. The van der Waals surface area contributed by atoms with Crippen LogP contribution in [0.3, 0.4) is 0 Å². The zero-order valence-corrected chi connectivity index (χ0v) is 15.6. The molecule has 1 aromatic carbocycles. The molecule has 2 N–H and O–H groups in total. The first-order valence-corrected chi connectivity index (χ1v) is 9.90. The Morgan fingerprint density at radius 3 is 2.54 bits per heavy atom. The van der Waals surface area contributed by atoms with Gasteiger partial charge in [-0.25, -0.2) is 13.4 Å². The van der Waals surface area contributed by atoms with Gasteiger partial charge in [0, 0.05) is 31.0 Å². The molecule has 144 valence electrons. The van der Waals surface area contributed by atoms with E-state index in [0.717, 1.165) is 6.29 Å². The first-order chi connectivity index (χ1) is 13.5. The van der Waals surface area contributed by atoms with Crippen molar-refractivity contribution >= 4 is 33.7 Å². The molecule has 0 saturated heterocycles. The molecule has 1 amide bonds. The van der Waals surface area contributed by atoms with Crippen LogP contribution in [-0.4, -0.2) is 30.2 Å². The van der Waals surface area contributed by atoms with Gasteiger partial charge in [-0.05, 0) is 48.5 Å². The maximum Gasteiger partial charge on any atom is 0.263 e. The maximum atomic E-state index is 12.4. The minimum absolute atomic E-state index is 0.0547. The van der Waals surface area contributed by atoms with Crippen molar-refractivity contribution in [3.8, 4) is 0 Å². The predicted octanol–water partition coefficient (Wildman–Crippen LogP) is 2.53. The molecule has 0 atom stereocenters. The number of hydrogen-bond donors (Lipinski definition) is 2.